The molecule has 1 fully saturated rings. The van der Waals surface area contributed by atoms with Gasteiger partial charge in [0, 0.05) is 18.7 Å². The molecule has 2 aromatic rings. The van der Waals surface area contributed by atoms with Crippen molar-refractivity contribution in [1.29, 1.82) is 0 Å². The summed E-state index contributed by atoms with van der Waals surface area (Å²) in [5.74, 6) is 0.738. The van der Waals surface area contributed by atoms with E-state index in [0.29, 0.717) is 0 Å². The molecule has 1 atom stereocenters. The highest BCUT2D eigenvalue weighted by Gasteiger charge is 2.22. The van der Waals surface area contributed by atoms with Crippen molar-refractivity contribution in [3.8, 4) is 0 Å². The number of aliphatic hydroxyl groups excluding tert-OH is 1. The van der Waals surface area contributed by atoms with Crippen LogP contribution in [0.1, 0.15) is 23.1 Å². The number of benzene rings is 1. The monoisotopic (exact) mass is 271 g/mol. The maximum atomic E-state index is 9.06. The SMILES string of the molecule is OCc1ccc(C[C@H]2CCN(Cc3ccoc3)C2)cc1. The van der Waals surface area contributed by atoms with Crippen LogP contribution in [0.25, 0.3) is 0 Å². The van der Waals surface area contributed by atoms with Crippen molar-refractivity contribution in [2.75, 3.05) is 13.1 Å². The highest BCUT2D eigenvalue weighted by molar-refractivity contribution is 5.22. The van der Waals surface area contributed by atoms with Gasteiger partial charge in [0.1, 0.15) is 0 Å². The van der Waals surface area contributed by atoms with Gasteiger partial charge in [-0.15, -0.1) is 0 Å². The molecular weight excluding hydrogens is 250 g/mol. The number of likely N-dealkylation sites (tertiary alicyclic amines) is 1. The lowest BCUT2D eigenvalue weighted by atomic mass is 9.98. The zero-order valence-corrected chi connectivity index (χ0v) is 11.7. The molecule has 2 heterocycles. The van der Waals surface area contributed by atoms with Gasteiger partial charge in [-0.1, -0.05) is 24.3 Å². The summed E-state index contributed by atoms with van der Waals surface area (Å²) in [5, 5.41) is 9.06. The molecular formula is C17H21NO2. The van der Waals surface area contributed by atoms with Crippen LogP contribution in [0.15, 0.2) is 47.3 Å². The minimum absolute atomic E-state index is 0.127. The molecule has 3 heteroatoms. The van der Waals surface area contributed by atoms with E-state index in [9.17, 15) is 0 Å². The van der Waals surface area contributed by atoms with Crippen molar-refractivity contribution in [2.24, 2.45) is 5.92 Å². The van der Waals surface area contributed by atoms with Gasteiger partial charge in [-0.2, -0.15) is 0 Å². The summed E-state index contributed by atoms with van der Waals surface area (Å²) in [7, 11) is 0. The van der Waals surface area contributed by atoms with Gasteiger partial charge in [0.05, 0.1) is 19.1 Å². The molecule has 1 N–H and O–H groups in total. The fraction of sp³-hybridized carbons (Fsp3) is 0.412. The number of rotatable bonds is 5. The van der Waals surface area contributed by atoms with Crippen LogP contribution in [0.5, 0.6) is 0 Å². The van der Waals surface area contributed by atoms with Crippen LogP contribution in [0.4, 0.5) is 0 Å². The quantitative estimate of drug-likeness (QED) is 0.908. The predicted molar refractivity (Wildman–Crippen MR) is 78.2 cm³/mol. The van der Waals surface area contributed by atoms with E-state index in [1.54, 1.807) is 6.26 Å². The van der Waals surface area contributed by atoms with Crippen molar-refractivity contribution in [3.05, 3.63) is 59.5 Å². The minimum atomic E-state index is 0.127. The molecule has 1 aromatic heterocycles. The Bertz CT molecular complexity index is 518. The third kappa shape index (κ3) is 3.30. The van der Waals surface area contributed by atoms with E-state index in [1.807, 2.05) is 24.5 Å². The Morgan fingerprint density at radius 2 is 1.90 bits per heavy atom. The molecule has 0 amide bonds. The molecule has 106 valence electrons. The minimum Gasteiger partial charge on any atom is -0.472 e. The third-order valence-corrected chi connectivity index (χ3v) is 4.09. The van der Waals surface area contributed by atoms with Gasteiger partial charge in [0.15, 0.2) is 0 Å². The smallest absolute Gasteiger partial charge is 0.0947 e. The van der Waals surface area contributed by atoms with Crippen LogP contribution in [0, 0.1) is 5.92 Å². The molecule has 1 aliphatic heterocycles. The second-order valence-corrected chi connectivity index (χ2v) is 5.70. The van der Waals surface area contributed by atoms with Gasteiger partial charge < -0.3 is 9.52 Å². The van der Waals surface area contributed by atoms with Crippen LogP contribution >= 0.6 is 0 Å². The average molecular weight is 271 g/mol. The molecule has 0 unspecified atom stereocenters. The first-order valence-electron chi connectivity index (χ1n) is 7.25. The normalized spacial score (nSPS) is 19.6. The van der Waals surface area contributed by atoms with Gasteiger partial charge in [0.2, 0.25) is 0 Å². The van der Waals surface area contributed by atoms with Gasteiger partial charge in [-0.05, 0) is 42.5 Å². The molecule has 1 aliphatic rings. The molecule has 20 heavy (non-hydrogen) atoms. The molecule has 1 saturated heterocycles. The van der Waals surface area contributed by atoms with Crippen LogP contribution in [-0.2, 0) is 19.6 Å². The Labute approximate surface area is 119 Å². The summed E-state index contributed by atoms with van der Waals surface area (Å²) in [6.07, 6.45) is 5.97. The zero-order chi connectivity index (χ0) is 13.8. The van der Waals surface area contributed by atoms with Crippen molar-refractivity contribution in [2.45, 2.75) is 26.0 Å². The third-order valence-electron chi connectivity index (χ3n) is 4.09. The van der Waals surface area contributed by atoms with Crippen LogP contribution in [0.2, 0.25) is 0 Å². The number of nitrogens with zero attached hydrogens (tertiary/aromatic N) is 1. The first kappa shape index (κ1) is 13.4. The Hall–Kier alpha value is -1.58. The molecule has 0 spiro atoms. The molecule has 0 aliphatic carbocycles. The van der Waals surface area contributed by atoms with Crippen molar-refractivity contribution in [1.82, 2.24) is 4.90 Å². The van der Waals surface area contributed by atoms with Gasteiger partial charge >= 0.3 is 0 Å². The summed E-state index contributed by atoms with van der Waals surface area (Å²) >= 11 is 0. The predicted octanol–water partition coefficient (Wildman–Crippen LogP) is 2.84. The van der Waals surface area contributed by atoms with Gasteiger partial charge in [-0.3, -0.25) is 4.90 Å². The van der Waals surface area contributed by atoms with Crippen molar-refractivity contribution in [3.63, 3.8) is 0 Å². The van der Waals surface area contributed by atoms with Crippen LogP contribution in [-0.4, -0.2) is 23.1 Å². The summed E-state index contributed by atoms with van der Waals surface area (Å²) < 4.78 is 5.12. The number of furan rings is 1. The lowest BCUT2D eigenvalue weighted by Gasteiger charge is -2.15. The largest absolute Gasteiger partial charge is 0.472 e. The molecule has 0 radical (unpaired) electrons. The van der Waals surface area contributed by atoms with E-state index < -0.39 is 0 Å². The number of hydrogen-bond acceptors (Lipinski definition) is 3. The van der Waals surface area contributed by atoms with E-state index in [1.165, 1.54) is 24.1 Å². The van der Waals surface area contributed by atoms with E-state index in [2.05, 4.69) is 17.0 Å². The topological polar surface area (TPSA) is 36.6 Å². The zero-order valence-electron chi connectivity index (χ0n) is 11.7. The molecule has 0 bridgehead atoms. The lowest BCUT2D eigenvalue weighted by Crippen LogP contribution is -2.20. The number of aliphatic hydroxyl groups is 1. The van der Waals surface area contributed by atoms with Crippen molar-refractivity contribution < 1.29 is 9.52 Å². The van der Waals surface area contributed by atoms with Crippen LogP contribution < -0.4 is 0 Å². The van der Waals surface area contributed by atoms with E-state index >= 15 is 0 Å². The van der Waals surface area contributed by atoms with Gasteiger partial charge in [0.25, 0.3) is 0 Å². The van der Waals surface area contributed by atoms with E-state index in [4.69, 9.17) is 9.52 Å². The fourth-order valence-electron chi connectivity index (χ4n) is 2.98. The van der Waals surface area contributed by atoms with E-state index in [0.717, 1.165) is 31.0 Å². The van der Waals surface area contributed by atoms with Gasteiger partial charge in [-0.25, -0.2) is 0 Å². The average Bonchev–Trinajstić information content (AvgIpc) is 3.12. The fourth-order valence-corrected chi connectivity index (χ4v) is 2.98. The highest BCUT2D eigenvalue weighted by atomic mass is 16.3. The standard InChI is InChI=1S/C17H21NO2/c19-12-15-3-1-14(2-4-15)9-16-5-7-18(10-16)11-17-6-8-20-13-17/h1-4,6,8,13,16,19H,5,7,9-12H2/t16-/m1/s1. The highest BCUT2D eigenvalue weighted by Crippen LogP contribution is 2.22. The molecule has 1 aromatic carbocycles. The summed E-state index contributed by atoms with van der Waals surface area (Å²) in [6, 6.07) is 10.4. The summed E-state index contributed by atoms with van der Waals surface area (Å²) in [5.41, 5.74) is 3.62. The van der Waals surface area contributed by atoms with E-state index in [-0.39, 0.29) is 6.61 Å². The second kappa shape index (κ2) is 6.25. The molecule has 3 nitrogen and oxygen atoms in total. The Morgan fingerprint density at radius 3 is 2.60 bits per heavy atom. The first-order chi connectivity index (χ1) is 9.83. The summed E-state index contributed by atoms with van der Waals surface area (Å²) in [6.45, 7) is 3.45. The van der Waals surface area contributed by atoms with Crippen LogP contribution in [0.3, 0.4) is 0 Å². The molecule has 3 rings (SSSR count). The second-order valence-electron chi connectivity index (χ2n) is 5.70. The Kier molecular flexibility index (Phi) is 4.19. The maximum absolute atomic E-state index is 9.06. The Morgan fingerprint density at radius 1 is 1.10 bits per heavy atom. The first-order valence-corrected chi connectivity index (χ1v) is 7.25. The summed E-state index contributed by atoms with van der Waals surface area (Å²) in [4.78, 5) is 2.50. The lowest BCUT2D eigenvalue weighted by molar-refractivity contribution is 0.282. The number of hydrogen-bond donors (Lipinski definition) is 1. The Balaban J connectivity index is 1.51. The molecule has 0 saturated carbocycles. The van der Waals surface area contributed by atoms with Crippen molar-refractivity contribution >= 4 is 0 Å². The maximum Gasteiger partial charge on any atom is 0.0947 e.